The number of nitrogens with zero attached hydrogens (tertiary/aromatic N) is 2. The van der Waals surface area contributed by atoms with Crippen molar-refractivity contribution in [3.63, 3.8) is 0 Å². The fourth-order valence-electron chi connectivity index (χ4n) is 2.01. The highest BCUT2D eigenvalue weighted by atomic mass is 16.2. The van der Waals surface area contributed by atoms with Gasteiger partial charge in [0.25, 0.3) is 0 Å². The molecule has 0 saturated heterocycles. The van der Waals surface area contributed by atoms with Crippen LogP contribution in [0.3, 0.4) is 0 Å². The highest BCUT2D eigenvalue weighted by Gasteiger charge is 2.26. The lowest BCUT2D eigenvalue weighted by Gasteiger charge is -2.28. The minimum absolute atomic E-state index is 0.123. The molecule has 4 nitrogen and oxygen atoms in total. The SMILES string of the molecule is CCN(CC)CCN(CC(C)C)C(=O)NC1CC1. The van der Waals surface area contributed by atoms with Crippen molar-refractivity contribution in [2.75, 3.05) is 32.7 Å². The van der Waals surface area contributed by atoms with Crippen LogP contribution in [0.4, 0.5) is 4.79 Å². The highest BCUT2D eigenvalue weighted by molar-refractivity contribution is 5.74. The molecule has 0 spiro atoms. The summed E-state index contributed by atoms with van der Waals surface area (Å²) in [7, 11) is 0. The summed E-state index contributed by atoms with van der Waals surface area (Å²) in [6.45, 7) is 13.4. The standard InChI is InChI=1S/C14H29N3O/c1-5-16(6-2)9-10-17(11-12(3)4)14(18)15-13-7-8-13/h12-13H,5-11H2,1-4H3,(H,15,18). The van der Waals surface area contributed by atoms with Gasteiger partial charge in [-0.2, -0.15) is 0 Å². The Morgan fingerprint density at radius 1 is 1.22 bits per heavy atom. The predicted molar refractivity (Wildman–Crippen MR) is 75.8 cm³/mol. The van der Waals surface area contributed by atoms with Crippen molar-refractivity contribution in [3.8, 4) is 0 Å². The van der Waals surface area contributed by atoms with Gasteiger partial charge in [-0.15, -0.1) is 0 Å². The van der Waals surface area contributed by atoms with Crippen LogP contribution in [0.2, 0.25) is 0 Å². The van der Waals surface area contributed by atoms with Gasteiger partial charge >= 0.3 is 6.03 Å². The molecule has 1 aliphatic rings. The average Bonchev–Trinajstić information content (AvgIpc) is 3.12. The first kappa shape index (κ1) is 15.3. The lowest BCUT2D eigenvalue weighted by atomic mass is 10.2. The molecule has 0 aromatic carbocycles. The minimum Gasteiger partial charge on any atom is -0.335 e. The summed E-state index contributed by atoms with van der Waals surface area (Å²) in [6.07, 6.45) is 2.30. The number of likely N-dealkylation sites (N-methyl/N-ethyl adjacent to an activating group) is 1. The van der Waals surface area contributed by atoms with Gasteiger partial charge in [-0.1, -0.05) is 27.7 Å². The Balaban J connectivity index is 2.40. The summed E-state index contributed by atoms with van der Waals surface area (Å²) in [5.41, 5.74) is 0. The number of amides is 2. The maximum atomic E-state index is 12.1. The van der Waals surface area contributed by atoms with Gasteiger partial charge in [0.05, 0.1) is 0 Å². The van der Waals surface area contributed by atoms with Crippen LogP contribution in [-0.4, -0.2) is 54.6 Å². The molecular formula is C14H29N3O. The summed E-state index contributed by atoms with van der Waals surface area (Å²) in [4.78, 5) is 16.4. The Bertz CT molecular complexity index is 247. The van der Waals surface area contributed by atoms with Crippen LogP contribution in [0.1, 0.15) is 40.5 Å². The fourth-order valence-corrected chi connectivity index (χ4v) is 2.01. The van der Waals surface area contributed by atoms with Crippen molar-refractivity contribution in [1.82, 2.24) is 15.1 Å². The van der Waals surface area contributed by atoms with E-state index in [9.17, 15) is 4.79 Å². The van der Waals surface area contributed by atoms with Gasteiger partial charge in [-0.3, -0.25) is 0 Å². The molecule has 0 aromatic rings. The first-order chi connectivity index (χ1) is 8.56. The third kappa shape index (κ3) is 5.71. The number of rotatable bonds is 8. The van der Waals surface area contributed by atoms with E-state index in [0.29, 0.717) is 12.0 Å². The minimum atomic E-state index is 0.123. The van der Waals surface area contributed by atoms with Gasteiger partial charge in [0, 0.05) is 25.7 Å². The van der Waals surface area contributed by atoms with E-state index in [1.807, 2.05) is 4.90 Å². The van der Waals surface area contributed by atoms with E-state index in [1.54, 1.807) is 0 Å². The second-order valence-corrected chi connectivity index (χ2v) is 5.59. The highest BCUT2D eigenvalue weighted by Crippen LogP contribution is 2.19. The molecule has 2 amide bonds. The summed E-state index contributed by atoms with van der Waals surface area (Å²) in [5.74, 6) is 0.520. The van der Waals surface area contributed by atoms with Crippen LogP contribution in [0, 0.1) is 5.92 Å². The largest absolute Gasteiger partial charge is 0.335 e. The van der Waals surface area contributed by atoms with Crippen molar-refractivity contribution in [2.45, 2.75) is 46.6 Å². The molecule has 0 bridgehead atoms. The molecule has 0 unspecified atom stereocenters. The average molecular weight is 255 g/mol. The number of hydrogen-bond acceptors (Lipinski definition) is 2. The maximum absolute atomic E-state index is 12.1. The number of nitrogens with one attached hydrogen (secondary N) is 1. The molecular weight excluding hydrogens is 226 g/mol. The predicted octanol–water partition coefficient (Wildman–Crippen LogP) is 2.16. The molecule has 4 heteroatoms. The summed E-state index contributed by atoms with van der Waals surface area (Å²) in [5, 5.41) is 3.09. The monoisotopic (exact) mass is 255 g/mol. The number of urea groups is 1. The van der Waals surface area contributed by atoms with E-state index < -0.39 is 0 Å². The third-order valence-corrected chi connectivity index (χ3v) is 3.36. The van der Waals surface area contributed by atoms with E-state index in [-0.39, 0.29) is 6.03 Å². The lowest BCUT2D eigenvalue weighted by molar-refractivity contribution is 0.177. The smallest absolute Gasteiger partial charge is 0.317 e. The zero-order chi connectivity index (χ0) is 13.5. The second kappa shape index (κ2) is 7.62. The van der Waals surface area contributed by atoms with Crippen molar-refractivity contribution in [2.24, 2.45) is 5.92 Å². The second-order valence-electron chi connectivity index (χ2n) is 5.59. The zero-order valence-electron chi connectivity index (χ0n) is 12.4. The van der Waals surface area contributed by atoms with Crippen LogP contribution in [0.5, 0.6) is 0 Å². The van der Waals surface area contributed by atoms with Gasteiger partial charge in [-0.25, -0.2) is 4.79 Å². The van der Waals surface area contributed by atoms with Gasteiger partial charge in [0.1, 0.15) is 0 Å². The normalized spacial score (nSPS) is 15.2. The maximum Gasteiger partial charge on any atom is 0.317 e. The first-order valence-electron chi connectivity index (χ1n) is 7.34. The van der Waals surface area contributed by atoms with Gasteiger partial charge < -0.3 is 15.1 Å². The fraction of sp³-hybridized carbons (Fsp3) is 0.929. The van der Waals surface area contributed by atoms with Gasteiger partial charge in [0.15, 0.2) is 0 Å². The van der Waals surface area contributed by atoms with Gasteiger partial charge in [0.2, 0.25) is 0 Å². The molecule has 0 aliphatic heterocycles. The molecule has 0 radical (unpaired) electrons. The van der Waals surface area contributed by atoms with Crippen molar-refractivity contribution in [3.05, 3.63) is 0 Å². The third-order valence-electron chi connectivity index (χ3n) is 3.36. The van der Waals surface area contributed by atoms with Crippen LogP contribution in [0.25, 0.3) is 0 Å². The molecule has 0 atom stereocenters. The molecule has 1 rings (SSSR count). The van der Waals surface area contributed by atoms with Crippen molar-refractivity contribution in [1.29, 1.82) is 0 Å². The molecule has 0 heterocycles. The summed E-state index contributed by atoms with van der Waals surface area (Å²) in [6, 6.07) is 0.568. The Labute approximate surface area is 112 Å². The van der Waals surface area contributed by atoms with Crippen LogP contribution in [-0.2, 0) is 0 Å². The summed E-state index contributed by atoms with van der Waals surface area (Å²) >= 11 is 0. The quantitative estimate of drug-likeness (QED) is 0.721. The van der Waals surface area contributed by atoms with Crippen LogP contribution < -0.4 is 5.32 Å². The lowest BCUT2D eigenvalue weighted by Crippen LogP contribution is -2.46. The van der Waals surface area contributed by atoms with E-state index in [2.05, 4.69) is 37.9 Å². The van der Waals surface area contributed by atoms with Crippen molar-refractivity contribution >= 4 is 6.03 Å². The Morgan fingerprint density at radius 3 is 2.28 bits per heavy atom. The molecule has 18 heavy (non-hydrogen) atoms. The Morgan fingerprint density at radius 2 is 1.83 bits per heavy atom. The molecule has 1 aliphatic carbocycles. The van der Waals surface area contributed by atoms with Crippen molar-refractivity contribution < 1.29 is 4.79 Å². The molecule has 1 saturated carbocycles. The summed E-state index contributed by atoms with van der Waals surface area (Å²) < 4.78 is 0. The number of carbonyl (C=O) groups excluding carboxylic acids is 1. The van der Waals surface area contributed by atoms with E-state index >= 15 is 0 Å². The molecule has 106 valence electrons. The van der Waals surface area contributed by atoms with Crippen LogP contribution in [0.15, 0.2) is 0 Å². The van der Waals surface area contributed by atoms with E-state index in [4.69, 9.17) is 0 Å². The molecule has 1 N–H and O–H groups in total. The van der Waals surface area contributed by atoms with E-state index in [1.165, 1.54) is 0 Å². The molecule has 1 fully saturated rings. The van der Waals surface area contributed by atoms with Crippen LogP contribution >= 0.6 is 0 Å². The number of carbonyl (C=O) groups is 1. The van der Waals surface area contributed by atoms with Gasteiger partial charge in [-0.05, 0) is 31.8 Å². The van der Waals surface area contributed by atoms with E-state index in [0.717, 1.165) is 45.6 Å². The Hall–Kier alpha value is -0.770. The molecule has 0 aromatic heterocycles. The zero-order valence-corrected chi connectivity index (χ0v) is 12.4. The first-order valence-corrected chi connectivity index (χ1v) is 7.34. The Kier molecular flexibility index (Phi) is 6.47. The topological polar surface area (TPSA) is 35.6 Å². The number of hydrogen-bond donors (Lipinski definition) is 1.